The minimum absolute atomic E-state index is 0. The average Bonchev–Trinajstić information content (AvgIpc) is 2.64. The second-order valence-corrected chi connectivity index (χ2v) is 6.03. The molecule has 0 atom stereocenters. The van der Waals surface area contributed by atoms with E-state index in [0.29, 0.717) is 18.7 Å². The van der Waals surface area contributed by atoms with Crippen molar-refractivity contribution in [3.05, 3.63) is 106 Å². The molecule has 1 aromatic heterocycles. The monoisotopic (exact) mass is 367 g/mol. The van der Waals surface area contributed by atoms with Crippen molar-refractivity contribution in [2.75, 3.05) is 0 Å². The van der Waals surface area contributed by atoms with Gasteiger partial charge < -0.3 is 10.3 Å². The van der Waals surface area contributed by atoms with Crippen LogP contribution in [0.5, 0.6) is 0 Å². The molecule has 2 N–H and O–H groups in total. The quantitative estimate of drug-likeness (QED) is 0.554. The summed E-state index contributed by atoms with van der Waals surface area (Å²) in [5, 5.41) is 0. The highest BCUT2D eigenvalue weighted by Gasteiger charge is 2.07. The molecular weight excluding hydrogens is 346 g/mol. The molecule has 0 aliphatic heterocycles. The van der Waals surface area contributed by atoms with E-state index in [1.54, 1.807) is 16.8 Å². The van der Waals surface area contributed by atoms with Crippen molar-refractivity contribution in [2.45, 2.75) is 20.0 Å². The molecule has 0 unspecified atom stereocenters. The van der Waals surface area contributed by atoms with E-state index in [0.717, 1.165) is 11.1 Å². The van der Waals surface area contributed by atoms with Crippen molar-refractivity contribution < 1.29 is 0 Å². The van der Waals surface area contributed by atoms with E-state index < -0.39 is 0 Å². The van der Waals surface area contributed by atoms with Gasteiger partial charge in [-0.05, 0) is 30.2 Å². The van der Waals surface area contributed by atoms with Crippen LogP contribution in [-0.4, -0.2) is 10.4 Å². The third kappa shape index (κ3) is 4.83. The van der Waals surface area contributed by atoms with Gasteiger partial charge in [-0.2, -0.15) is 0 Å². The maximum atomic E-state index is 12.7. The summed E-state index contributed by atoms with van der Waals surface area (Å²) in [5.74, 6) is 0.270. The van der Waals surface area contributed by atoms with Gasteiger partial charge in [-0.1, -0.05) is 60.2 Å². The zero-order valence-corrected chi connectivity index (χ0v) is 15.4. The van der Waals surface area contributed by atoms with Crippen LogP contribution in [-0.2, 0) is 13.1 Å². The van der Waals surface area contributed by atoms with Gasteiger partial charge in [0.1, 0.15) is 5.84 Å². The molecule has 134 valence electrons. The Hall–Kier alpha value is -2.85. The predicted octanol–water partition coefficient (Wildman–Crippen LogP) is 3.53. The van der Waals surface area contributed by atoms with E-state index in [2.05, 4.69) is 4.99 Å². The van der Waals surface area contributed by atoms with Crippen LogP contribution >= 0.6 is 12.4 Å². The summed E-state index contributed by atoms with van der Waals surface area (Å²) >= 11 is 0. The Labute approximate surface area is 159 Å². The third-order valence-electron chi connectivity index (χ3n) is 4.04. The predicted molar refractivity (Wildman–Crippen MR) is 109 cm³/mol. The van der Waals surface area contributed by atoms with Gasteiger partial charge in [0.2, 0.25) is 0 Å². The topological polar surface area (TPSA) is 60.4 Å². The molecule has 1 heterocycles. The van der Waals surface area contributed by atoms with Crippen molar-refractivity contribution in [3.63, 3.8) is 0 Å². The van der Waals surface area contributed by atoms with Crippen LogP contribution in [0.3, 0.4) is 0 Å². The number of aryl methyl sites for hydroxylation is 1. The molecule has 0 radical (unpaired) electrons. The van der Waals surface area contributed by atoms with Crippen LogP contribution in [0.25, 0.3) is 0 Å². The fourth-order valence-corrected chi connectivity index (χ4v) is 2.59. The van der Waals surface area contributed by atoms with Crippen LogP contribution in [0, 0.1) is 6.92 Å². The molecule has 0 bridgehead atoms. The number of aromatic nitrogens is 1. The van der Waals surface area contributed by atoms with E-state index in [4.69, 9.17) is 5.73 Å². The number of pyridine rings is 1. The van der Waals surface area contributed by atoms with Crippen LogP contribution in [0.4, 0.5) is 0 Å². The highest BCUT2D eigenvalue weighted by Crippen LogP contribution is 2.05. The first-order valence-corrected chi connectivity index (χ1v) is 8.23. The van der Waals surface area contributed by atoms with Crippen molar-refractivity contribution in [2.24, 2.45) is 10.7 Å². The Bertz CT molecular complexity index is 931. The largest absolute Gasteiger partial charge is 0.383 e. The van der Waals surface area contributed by atoms with Gasteiger partial charge in [0.25, 0.3) is 5.56 Å². The number of benzene rings is 2. The van der Waals surface area contributed by atoms with Crippen LogP contribution in [0.15, 0.2) is 82.7 Å². The highest BCUT2D eigenvalue weighted by atomic mass is 35.5. The molecule has 2 aromatic carbocycles. The Morgan fingerprint density at radius 1 is 0.962 bits per heavy atom. The number of amidine groups is 1. The average molecular weight is 368 g/mol. The van der Waals surface area contributed by atoms with Gasteiger partial charge in [0.05, 0.1) is 18.7 Å². The Balaban J connectivity index is 0.00000243. The van der Waals surface area contributed by atoms with Crippen LogP contribution in [0.1, 0.15) is 22.3 Å². The summed E-state index contributed by atoms with van der Waals surface area (Å²) < 4.78 is 1.66. The van der Waals surface area contributed by atoms with Crippen molar-refractivity contribution in [1.29, 1.82) is 0 Å². The zero-order chi connectivity index (χ0) is 17.6. The number of nitrogens with two attached hydrogens (primary N) is 1. The summed E-state index contributed by atoms with van der Waals surface area (Å²) in [6, 6.07) is 21.5. The van der Waals surface area contributed by atoms with Crippen molar-refractivity contribution >= 4 is 18.2 Å². The van der Waals surface area contributed by atoms with Gasteiger partial charge in [-0.15, -0.1) is 12.4 Å². The smallest absolute Gasteiger partial charge is 0.261 e. The summed E-state index contributed by atoms with van der Waals surface area (Å²) in [7, 11) is 0. The Morgan fingerprint density at radius 2 is 1.65 bits per heavy atom. The zero-order valence-electron chi connectivity index (χ0n) is 14.6. The first kappa shape index (κ1) is 19.5. The van der Waals surface area contributed by atoms with E-state index in [-0.39, 0.29) is 23.8 Å². The number of nitrogens with zero attached hydrogens (tertiary/aromatic N) is 2. The minimum atomic E-state index is -0.127. The highest BCUT2D eigenvalue weighted by molar-refractivity contribution is 5.97. The van der Waals surface area contributed by atoms with E-state index in [9.17, 15) is 4.79 Å². The molecule has 5 heteroatoms. The molecule has 0 fully saturated rings. The first-order chi connectivity index (χ1) is 12.1. The number of hydrogen-bond donors (Lipinski definition) is 1. The van der Waals surface area contributed by atoms with E-state index in [1.807, 2.05) is 67.6 Å². The van der Waals surface area contributed by atoms with Gasteiger partial charge in [0, 0.05) is 6.20 Å². The lowest BCUT2D eigenvalue weighted by molar-refractivity contribution is 0.757. The third-order valence-corrected chi connectivity index (χ3v) is 4.04. The van der Waals surface area contributed by atoms with Gasteiger partial charge in [-0.3, -0.25) is 9.79 Å². The summed E-state index contributed by atoms with van der Waals surface area (Å²) in [6.07, 6.45) is 1.77. The molecule has 4 nitrogen and oxygen atoms in total. The summed E-state index contributed by atoms with van der Waals surface area (Å²) in [6.45, 7) is 3.01. The molecule has 0 saturated carbocycles. The maximum absolute atomic E-state index is 12.7. The molecule has 0 aliphatic rings. The van der Waals surface area contributed by atoms with Crippen LogP contribution in [0.2, 0.25) is 0 Å². The summed E-state index contributed by atoms with van der Waals surface area (Å²) in [4.78, 5) is 17.1. The molecule has 0 amide bonds. The van der Waals surface area contributed by atoms with E-state index >= 15 is 0 Å². The normalized spacial score (nSPS) is 11.0. The standard InChI is InChI=1S/C21H21N3O.ClH/c1-16-9-11-18(12-10-16)15-24-13-5-8-19(21(24)25)20(22)23-14-17-6-3-2-4-7-17;/h2-13H,14-15H2,1H3,(H2,22,23);1H. The number of hydrogen-bond acceptors (Lipinski definition) is 2. The molecular formula is C21H22ClN3O. The van der Waals surface area contributed by atoms with Gasteiger partial charge >= 0.3 is 0 Å². The molecule has 0 saturated heterocycles. The van der Waals surface area contributed by atoms with Crippen molar-refractivity contribution in [1.82, 2.24) is 4.57 Å². The molecule has 0 spiro atoms. The number of rotatable bonds is 5. The molecule has 3 rings (SSSR count). The van der Waals surface area contributed by atoms with Gasteiger partial charge in [0.15, 0.2) is 0 Å². The fraction of sp³-hybridized carbons (Fsp3) is 0.143. The van der Waals surface area contributed by atoms with Crippen LogP contribution < -0.4 is 11.3 Å². The lowest BCUT2D eigenvalue weighted by Gasteiger charge is -2.08. The SMILES string of the molecule is Cc1ccc(Cn2cccc(C(N)=NCc3ccccc3)c2=O)cc1.Cl. The second-order valence-electron chi connectivity index (χ2n) is 6.03. The second kappa shape index (κ2) is 9.02. The maximum Gasteiger partial charge on any atom is 0.261 e. The lowest BCUT2D eigenvalue weighted by Crippen LogP contribution is -2.30. The molecule has 3 aromatic rings. The number of aliphatic imine (C=N–C) groups is 1. The summed E-state index contributed by atoms with van der Waals surface area (Å²) in [5.41, 5.74) is 9.70. The lowest BCUT2D eigenvalue weighted by atomic mass is 10.1. The van der Waals surface area contributed by atoms with Crippen molar-refractivity contribution in [3.8, 4) is 0 Å². The molecule has 26 heavy (non-hydrogen) atoms. The first-order valence-electron chi connectivity index (χ1n) is 8.23. The fourth-order valence-electron chi connectivity index (χ4n) is 2.59. The number of halogens is 1. The Kier molecular flexibility index (Phi) is 6.75. The Morgan fingerprint density at radius 3 is 2.35 bits per heavy atom. The van der Waals surface area contributed by atoms with E-state index in [1.165, 1.54) is 5.56 Å². The minimum Gasteiger partial charge on any atom is -0.383 e. The molecule has 0 aliphatic carbocycles. The van der Waals surface area contributed by atoms with Gasteiger partial charge in [-0.25, -0.2) is 0 Å².